The van der Waals surface area contributed by atoms with E-state index in [1.165, 1.54) is 11.4 Å². The van der Waals surface area contributed by atoms with Gasteiger partial charge in [-0.1, -0.05) is 60.7 Å². The van der Waals surface area contributed by atoms with Crippen molar-refractivity contribution in [2.45, 2.75) is 11.3 Å². The molecule has 5 heteroatoms. The molecule has 3 aromatic carbocycles. The van der Waals surface area contributed by atoms with E-state index in [2.05, 4.69) is 0 Å². The highest BCUT2D eigenvalue weighted by atomic mass is 32.2. The van der Waals surface area contributed by atoms with Gasteiger partial charge in [0.15, 0.2) is 5.78 Å². The summed E-state index contributed by atoms with van der Waals surface area (Å²) in [7, 11) is -2.08. The van der Waals surface area contributed by atoms with Crippen LogP contribution in [-0.2, 0) is 10.0 Å². The Kier molecular flexibility index (Phi) is 4.97. The molecule has 4 nitrogen and oxygen atoms in total. The van der Waals surface area contributed by atoms with Crippen LogP contribution in [0.5, 0.6) is 0 Å². The summed E-state index contributed by atoms with van der Waals surface area (Å²) in [5.41, 5.74) is 0.628. The predicted molar refractivity (Wildman–Crippen MR) is 99.2 cm³/mol. The monoisotopic (exact) mass is 353 g/mol. The maximum atomic E-state index is 12.6. The molecule has 0 heterocycles. The van der Waals surface area contributed by atoms with Crippen LogP contribution in [0.15, 0.2) is 77.7 Å². The number of benzene rings is 3. The first kappa shape index (κ1) is 17.3. The highest BCUT2D eigenvalue weighted by molar-refractivity contribution is 7.89. The standard InChI is InChI=1S/C20H19NO3S/c1-21(25(23,24)17-10-3-2-4-11-17)15-14-20(22)19-13-7-9-16-8-5-6-12-18(16)19/h2-13H,14-15H2,1H3. The van der Waals surface area contributed by atoms with Crippen molar-refractivity contribution in [3.8, 4) is 0 Å². The molecule has 0 aliphatic carbocycles. The van der Waals surface area contributed by atoms with E-state index >= 15 is 0 Å². The lowest BCUT2D eigenvalue weighted by Gasteiger charge is -2.17. The number of sulfonamides is 1. The van der Waals surface area contributed by atoms with Gasteiger partial charge in [0.2, 0.25) is 10.0 Å². The second-order valence-electron chi connectivity index (χ2n) is 5.84. The van der Waals surface area contributed by atoms with Gasteiger partial charge in [0, 0.05) is 25.6 Å². The van der Waals surface area contributed by atoms with Gasteiger partial charge in [-0.15, -0.1) is 0 Å². The van der Waals surface area contributed by atoms with Gasteiger partial charge in [-0.2, -0.15) is 0 Å². The van der Waals surface area contributed by atoms with Crippen molar-refractivity contribution < 1.29 is 13.2 Å². The maximum absolute atomic E-state index is 12.6. The van der Waals surface area contributed by atoms with Gasteiger partial charge in [0.05, 0.1) is 4.90 Å². The van der Waals surface area contributed by atoms with E-state index in [0.29, 0.717) is 5.56 Å². The minimum absolute atomic E-state index is 0.0630. The Bertz CT molecular complexity index is 992. The number of carbonyl (C=O) groups is 1. The molecule has 0 saturated heterocycles. The van der Waals surface area contributed by atoms with E-state index < -0.39 is 10.0 Å². The summed E-state index contributed by atoms with van der Waals surface area (Å²) in [6.45, 7) is 0.138. The number of Topliss-reactive ketones (excluding diaryl/α,β-unsaturated/α-hetero) is 1. The molecule has 128 valence electrons. The molecule has 0 amide bonds. The van der Waals surface area contributed by atoms with Crippen molar-refractivity contribution in [2.24, 2.45) is 0 Å². The second kappa shape index (κ2) is 7.17. The molecule has 3 rings (SSSR count). The zero-order chi connectivity index (χ0) is 17.9. The number of carbonyl (C=O) groups excluding carboxylic acids is 1. The van der Waals surface area contributed by atoms with Gasteiger partial charge in [-0.25, -0.2) is 12.7 Å². The maximum Gasteiger partial charge on any atom is 0.242 e. The zero-order valence-electron chi connectivity index (χ0n) is 13.9. The molecule has 0 fully saturated rings. The Labute approximate surface area is 147 Å². The van der Waals surface area contributed by atoms with Crippen LogP contribution in [0.25, 0.3) is 10.8 Å². The largest absolute Gasteiger partial charge is 0.294 e. The summed E-state index contributed by atoms with van der Waals surface area (Å²) in [5, 5.41) is 1.89. The average molecular weight is 353 g/mol. The molecule has 0 aromatic heterocycles. The van der Waals surface area contributed by atoms with E-state index in [4.69, 9.17) is 0 Å². The summed E-state index contributed by atoms with van der Waals surface area (Å²) in [6.07, 6.45) is 0.135. The lowest BCUT2D eigenvalue weighted by molar-refractivity contribution is 0.0979. The number of fused-ring (bicyclic) bond motifs is 1. The highest BCUT2D eigenvalue weighted by Gasteiger charge is 2.21. The molecule has 0 bridgehead atoms. The number of rotatable bonds is 6. The van der Waals surface area contributed by atoms with Crippen LogP contribution in [0.2, 0.25) is 0 Å². The van der Waals surface area contributed by atoms with E-state index in [9.17, 15) is 13.2 Å². The van der Waals surface area contributed by atoms with Gasteiger partial charge in [-0.3, -0.25) is 4.79 Å². The average Bonchev–Trinajstić information content (AvgIpc) is 2.66. The van der Waals surface area contributed by atoms with Gasteiger partial charge in [-0.05, 0) is 22.9 Å². The zero-order valence-corrected chi connectivity index (χ0v) is 14.7. The predicted octanol–water partition coefficient (Wildman–Crippen LogP) is 3.73. The van der Waals surface area contributed by atoms with Crippen LogP contribution in [0.4, 0.5) is 0 Å². The molecule has 25 heavy (non-hydrogen) atoms. The van der Waals surface area contributed by atoms with Crippen molar-refractivity contribution in [3.63, 3.8) is 0 Å². The summed E-state index contributed by atoms with van der Waals surface area (Å²) in [6, 6.07) is 21.5. The highest BCUT2D eigenvalue weighted by Crippen LogP contribution is 2.20. The van der Waals surface area contributed by atoms with Gasteiger partial charge >= 0.3 is 0 Å². The molecule has 0 saturated carbocycles. The summed E-state index contributed by atoms with van der Waals surface area (Å²) in [5.74, 6) is -0.0630. The quantitative estimate of drug-likeness (QED) is 0.635. The van der Waals surface area contributed by atoms with Crippen LogP contribution in [0.3, 0.4) is 0 Å². The van der Waals surface area contributed by atoms with Gasteiger partial charge < -0.3 is 0 Å². The number of hydrogen-bond acceptors (Lipinski definition) is 3. The SMILES string of the molecule is CN(CCC(=O)c1cccc2ccccc12)S(=O)(=O)c1ccccc1. The Morgan fingerprint density at radius 2 is 1.52 bits per heavy atom. The summed E-state index contributed by atoms with van der Waals surface area (Å²) < 4.78 is 26.2. The van der Waals surface area contributed by atoms with Crippen molar-refractivity contribution in [1.29, 1.82) is 0 Å². The smallest absolute Gasteiger partial charge is 0.242 e. The topological polar surface area (TPSA) is 54.5 Å². The second-order valence-corrected chi connectivity index (χ2v) is 7.88. The first-order valence-corrected chi connectivity index (χ1v) is 9.46. The molecule has 0 N–H and O–H groups in total. The molecule has 0 atom stereocenters. The van der Waals surface area contributed by atoms with Crippen molar-refractivity contribution >= 4 is 26.6 Å². The third kappa shape index (κ3) is 3.62. The molecule has 0 aliphatic heterocycles. The van der Waals surface area contributed by atoms with E-state index in [1.54, 1.807) is 36.4 Å². The first-order valence-electron chi connectivity index (χ1n) is 8.02. The number of hydrogen-bond donors (Lipinski definition) is 0. The molecule has 0 unspecified atom stereocenters. The minimum Gasteiger partial charge on any atom is -0.294 e. The molecule has 0 radical (unpaired) electrons. The lowest BCUT2D eigenvalue weighted by atomic mass is 10.00. The first-order chi connectivity index (χ1) is 12.0. The molecule has 0 aliphatic rings. The third-order valence-electron chi connectivity index (χ3n) is 4.20. The van der Waals surface area contributed by atoms with Crippen molar-refractivity contribution in [3.05, 3.63) is 78.4 Å². The van der Waals surface area contributed by atoms with Crippen molar-refractivity contribution in [2.75, 3.05) is 13.6 Å². The Morgan fingerprint density at radius 1 is 0.880 bits per heavy atom. The van der Waals surface area contributed by atoms with Crippen LogP contribution < -0.4 is 0 Å². The lowest BCUT2D eigenvalue weighted by Crippen LogP contribution is -2.29. The summed E-state index contributed by atoms with van der Waals surface area (Å²) in [4.78, 5) is 12.8. The van der Waals surface area contributed by atoms with E-state index in [-0.39, 0.29) is 23.6 Å². The summed E-state index contributed by atoms with van der Waals surface area (Å²) >= 11 is 0. The van der Waals surface area contributed by atoms with Crippen molar-refractivity contribution in [1.82, 2.24) is 4.31 Å². The normalized spacial score (nSPS) is 11.8. The van der Waals surface area contributed by atoms with Gasteiger partial charge in [0.1, 0.15) is 0 Å². The molecule has 3 aromatic rings. The Morgan fingerprint density at radius 3 is 2.28 bits per heavy atom. The molecule has 0 spiro atoms. The fraction of sp³-hybridized carbons (Fsp3) is 0.150. The van der Waals surface area contributed by atoms with E-state index in [0.717, 1.165) is 10.8 Å². The number of nitrogens with zero attached hydrogens (tertiary/aromatic N) is 1. The fourth-order valence-corrected chi connectivity index (χ4v) is 3.95. The van der Waals surface area contributed by atoms with E-state index in [1.807, 2.05) is 36.4 Å². The molecular weight excluding hydrogens is 334 g/mol. The third-order valence-corrected chi connectivity index (χ3v) is 6.07. The van der Waals surface area contributed by atoms with Gasteiger partial charge in [0.25, 0.3) is 0 Å². The van der Waals surface area contributed by atoms with Crippen LogP contribution >= 0.6 is 0 Å². The fourth-order valence-electron chi connectivity index (χ4n) is 2.75. The Balaban J connectivity index is 1.76. The minimum atomic E-state index is -3.58. The Hall–Kier alpha value is -2.50. The molecular formula is C20H19NO3S. The number of ketones is 1. The van der Waals surface area contributed by atoms with Crippen LogP contribution in [0.1, 0.15) is 16.8 Å². The van der Waals surface area contributed by atoms with Crippen LogP contribution in [0, 0.1) is 0 Å². The van der Waals surface area contributed by atoms with Crippen LogP contribution in [-0.4, -0.2) is 32.1 Å².